The first-order valence-electron chi connectivity index (χ1n) is 8.64. The fourth-order valence-electron chi connectivity index (χ4n) is 2.85. The van der Waals surface area contributed by atoms with Gasteiger partial charge >= 0.3 is 0 Å². The highest BCUT2D eigenvalue weighted by molar-refractivity contribution is 7.22. The summed E-state index contributed by atoms with van der Waals surface area (Å²) in [6.45, 7) is 3.48. The second-order valence-corrected chi connectivity index (χ2v) is 8.57. The molecule has 0 radical (unpaired) electrons. The number of aryl methyl sites for hydroxylation is 1. The summed E-state index contributed by atoms with van der Waals surface area (Å²) in [4.78, 5) is 21.8. The molecule has 7 heteroatoms. The van der Waals surface area contributed by atoms with Gasteiger partial charge in [-0.15, -0.1) is 0 Å². The number of carbonyl (C=O) groups is 1. The number of hydrogen-bond donors (Lipinski definition) is 0. The standard InChI is InChI=1S/C20H21Cl2N3OS/c1-13-6-4-7-17-18(13)23-20(27-17)25(9-5-8-24(2)3)19(26)14-10-15(21)12-16(22)11-14/h4,6-7,10-12H,5,8-9H2,1-3H3. The average Bonchev–Trinajstić information content (AvgIpc) is 3.02. The Bertz CT molecular complexity index is 951. The molecule has 0 saturated heterocycles. The highest BCUT2D eigenvalue weighted by Crippen LogP contribution is 2.32. The van der Waals surface area contributed by atoms with Crippen LogP contribution in [-0.4, -0.2) is 43.0 Å². The molecule has 1 aromatic heterocycles. The van der Waals surface area contributed by atoms with Crippen molar-refractivity contribution < 1.29 is 4.79 Å². The Morgan fingerprint density at radius 3 is 2.44 bits per heavy atom. The fraction of sp³-hybridized carbons (Fsp3) is 0.300. The molecule has 2 aromatic carbocycles. The first kappa shape index (κ1) is 20.1. The van der Waals surface area contributed by atoms with E-state index in [9.17, 15) is 4.79 Å². The van der Waals surface area contributed by atoms with Gasteiger partial charge in [0, 0.05) is 22.2 Å². The monoisotopic (exact) mass is 421 g/mol. The Balaban J connectivity index is 1.98. The Labute approximate surface area is 173 Å². The summed E-state index contributed by atoms with van der Waals surface area (Å²) in [5.41, 5.74) is 2.50. The first-order valence-corrected chi connectivity index (χ1v) is 10.2. The molecule has 3 aromatic rings. The van der Waals surface area contributed by atoms with E-state index in [-0.39, 0.29) is 5.91 Å². The number of fused-ring (bicyclic) bond motifs is 1. The van der Waals surface area contributed by atoms with Crippen molar-refractivity contribution in [3.8, 4) is 0 Å². The minimum absolute atomic E-state index is 0.144. The highest BCUT2D eigenvalue weighted by atomic mass is 35.5. The molecule has 0 N–H and O–H groups in total. The predicted molar refractivity (Wildman–Crippen MR) is 116 cm³/mol. The van der Waals surface area contributed by atoms with Gasteiger partial charge in [-0.1, -0.05) is 46.7 Å². The molecule has 0 aliphatic rings. The number of carbonyl (C=O) groups excluding carboxylic acids is 1. The van der Waals surface area contributed by atoms with Crippen molar-refractivity contribution in [1.82, 2.24) is 9.88 Å². The van der Waals surface area contributed by atoms with E-state index in [1.54, 1.807) is 23.1 Å². The van der Waals surface area contributed by atoms with Crippen LogP contribution in [0.2, 0.25) is 10.0 Å². The number of halogens is 2. The maximum atomic E-state index is 13.2. The summed E-state index contributed by atoms with van der Waals surface area (Å²) in [5.74, 6) is -0.144. The van der Waals surface area contributed by atoms with Crippen LogP contribution in [-0.2, 0) is 0 Å². The molecule has 3 rings (SSSR count). The van der Waals surface area contributed by atoms with E-state index in [1.807, 2.05) is 39.2 Å². The summed E-state index contributed by atoms with van der Waals surface area (Å²) in [6.07, 6.45) is 0.835. The molecule has 4 nitrogen and oxygen atoms in total. The molecule has 1 amide bonds. The van der Waals surface area contributed by atoms with Crippen LogP contribution in [0.1, 0.15) is 22.3 Å². The van der Waals surface area contributed by atoms with Crippen molar-refractivity contribution in [1.29, 1.82) is 0 Å². The van der Waals surface area contributed by atoms with Gasteiger partial charge in [0.25, 0.3) is 5.91 Å². The van der Waals surface area contributed by atoms with Crippen molar-refractivity contribution in [2.24, 2.45) is 0 Å². The second-order valence-electron chi connectivity index (χ2n) is 6.69. The maximum Gasteiger partial charge on any atom is 0.260 e. The molecule has 0 saturated carbocycles. The number of hydrogen-bond acceptors (Lipinski definition) is 4. The van der Waals surface area contributed by atoms with E-state index >= 15 is 0 Å². The Hall–Kier alpha value is -1.66. The Kier molecular flexibility index (Phi) is 6.37. The zero-order valence-corrected chi connectivity index (χ0v) is 17.8. The van der Waals surface area contributed by atoms with Crippen molar-refractivity contribution >= 4 is 55.8 Å². The number of aromatic nitrogens is 1. The van der Waals surface area contributed by atoms with E-state index in [2.05, 4.69) is 4.90 Å². The Morgan fingerprint density at radius 1 is 1.11 bits per heavy atom. The summed E-state index contributed by atoms with van der Waals surface area (Å²) < 4.78 is 1.07. The van der Waals surface area contributed by atoms with E-state index < -0.39 is 0 Å². The topological polar surface area (TPSA) is 36.4 Å². The smallest absolute Gasteiger partial charge is 0.260 e. The van der Waals surface area contributed by atoms with Crippen LogP contribution in [0.25, 0.3) is 10.2 Å². The van der Waals surface area contributed by atoms with Crippen molar-refractivity contribution in [2.75, 3.05) is 32.1 Å². The minimum Gasteiger partial charge on any atom is -0.309 e. The van der Waals surface area contributed by atoms with Gasteiger partial charge in [-0.3, -0.25) is 9.69 Å². The third kappa shape index (κ3) is 4.79. The lowest BCUT2D eigenvalue weighted by Gasteiger charge is -2.21. The Morgan fingerprint density at radius 2 is 1.81 bits per heavy atom. The molecule has 142 valence electrons. The number of nitrogens with zero attached hydrogens (tertiary/aromatic N) is 3. The molecule has 0 unspecified atom stereocenters. The van der Waals surface area contributed by atoms with Gasteiger partial charge in [0.2, 0.25) is 0 Å². The van der Waals surface area contributed by atoms with Crippen LogP contribution >= 0.6 is 34.5 Å². The van der Waals surface area contributed by atoms with Crippen LogP contribution in [0.4, 0.5) is 5.13 Å². The molecule has 0 aliphatic carbocycles. The molecule has 0 spiro atoms. The molecule has 27 heavy (non-hydrogen) atoms. The highest BCUT2D eigenvalue weighted by Gasteiger charge is 2.22. The largest absolute Gasteiger partial charge is 0.309 e. The zero-order valence-electron chi connectivity index (χ0n) is 15.5. The third-order valence-electron chi connectivity index (χ3n) is 4.18. The number of para-hydroxylation sites is 1. The lowest BCUT2D eigenvalue weighted by Crippen LogP contribution is -2.33. The fourth-order valence-corrected chi connectivity index (χ4v) is 4.45. The lowest BCUT2D eigenvalue weighted by molar-refractivity contribution is 0.0986. The van der Waals surface area contributed by atoms with E-state index in [0.29, 0.717) is 27.3 Å². The second kappa shape index (κ2) is 8.57. The van der Waals surface area contributed by atoms with Crippen molar-refractivity contribution in [3.63, 3.8) is 0 Å². The van der Waals surface area contributed by atoms with Crippen LogP contribution in [0.3, 0.4) is 0 Å². The van der Waals surface area contributed by atoms with Gasteiger partial charge in [0.15, 0.2) is 5.13 Å². The molecular formula is C20H21Cl2N3OS. The molecule has 0 atom stereocenters. The van der Waals surface area contributed by atoms with Gasteiger partial charge in [0.1, 0.15) is 0 Å². The van der Waals surface area contributed by atoms with Crippen LogP contribution in [0.5, 0.6) is 0 Å². The molecule has 0 bridgehead atoms. The SMILES string of the molecule is Cc1cccc2sc(N(CCCN(C)C)C(=O)c3cc(Cl)cc(Cl)c3)nc12. The maximum absolute atomic E-state index is 13.2. The molecule has 1 heterocycles. The van der Waals surface area contributed by atoms with Gasteiger partial charge in [-0.05, 0) is 63.8 Å². The van der Waals surface area contributed by atoms with E-state index in [1.165, 1.54) is 11.3 Å². The number of anilines is 1. The quantitative estimate of drug-likeness (QED) is 0.526. The molecule has 0 fully saturated rings. The van der Waals surface area contributed by atoms with Crippen LogP contribution in [0.15, 0.2) is 36.4 Å². The van der Waals surface area contributed by atoms with Crippen LogP contribution in [0, 0.1) is 6.92 Å². The summed E-state index contributed by atoms with van der Waals surface area (Å²) >= 11 is 13.7. The van der Waals surface area contributed by atoms with E-state index in [0.717, 1.165) is 28.7 Å². The molecular weight excluding hydrogens is 401 g/mol. The number of rotatable bonds is 6. The number of thiazole rings is 1. The summed E-state index contributed by atoms with van der Waals surface area (Å²) in [6, 6.07) is 11.0. The van der Waals surface area contributed by atoms with Gasteiger partial charge in [0.05, 0.1) is 10.2 Å². The first-order chi connectivity index (χ1) is 12.8. The van der Waals surface area contributed by atoms with Crippen molar-refractivity contribution in [2.45, 2.75) is 13.3 Å². The normalized spacial score (nSPS) is 11.3. The number of benzene rings is 2. The minimum atomic E-state index is -0.144. The van der Waals surface area contributed by atoms with Gasteiger partial charge in [-0.25, -0.2) is 4.98 Å². The number of amides is 1. The van der Waals surface area contributed by atoms with Crippen LogP contribution < -0.4 is 4.90 Å². The van der Waals surface area contributed by atoms with E-state index in [4.69, 9.17) is 28.2 Å². The van der Waals surface area contributed by atoms with Crippen molar-refractivity contribution in [3.05, 3.63) is 57.6 Å². The third-order valence-corrected chi connectivity index (χ3v) is 5.66. The predicted octanol–water partition coefficient (Wildman–Crippen LogP) is 5.51. The average molecular weight is 422 g/mol. The van der Waals surface area contributed by atoms with Gasteiger partial charge < -0.3 is 4.90 Å². The summed E-state index contributed by atoms with van der Waals surface area (Å²) in [5, 5.41) is 1.58. The molecule has 0 aliphatic heterocycles. The zero-order chi connectivity index (χ0) is 19.6. The van der Waals surface area contributed by atoms with Gasteiger partial charge in [-0.2, -0.15) is 0 Å². The summed E-state index contributed by atoms with van der Waals surface area (Å²) in [7, 11) is 4.04. The lowest BCUT2D eigenvalue weighted by atomic mass is 10.2.